The molecule has 29 heavy (non-hydrogen) atoms. The van der Waals surface area contributed by atoms with Gasteiger partial charge in [0.25, 0.3) is 0 Å². The van der Waals surface area contributed by atoms with Crippen LogP contribution in [0.1, 0.15) is 43.7 Å². The van der Waals surface area contributed by atoms with Crippen LogP contribution in [0.15, 0.2) is 53.4 Å². The van der Waals surface area contributed by atoms with E-state index in [9.17, 15) is 13.2 Å². The molecule has 1 aliphatic carbocycles. The van der Waals surface area contributed by atoms with Gasteiger partial charge in [-0.05, 0) is 68.4 Å². The first-order chi connectivity index (χ1) is 14.0. The highest BCUT2D eigenvalue weighted by atomic mass is 32.2. The van der Waals surface area contributed by atoms with Crippen molar-refractivity contribution in [3.63, 3.8) is 0 Å². The summed E-state index contributed by atoms with van der Waals surface area (Å²) in [5.41, 5.74) is 3.02. The zero-order valence-electron chi connectivity index (χ0n) is 16.8. The lowest BCUT2D eigenvalue weighted by atomic mass is 9.84. The Morgan fingerprint density at radius 1 is 1.14 bits per heavy atom. The van der Waals surface area contributed by atoms with Crippen LogP contribution in [0.3, 0.4) is 0 Å². The summed E-state index contributed by atoms with van der Waals surface area (Å²) in [5, 5.41) is 0. The standard InChI is InChI=1S/C23H28N2O3S/c1-17-15-20-16-21(12-13-22(20)25(17)23(26)19-10-5-11-19)29(27,28)24-14-6-9-18-7-3-2-4-8-18/h2-4,7-8,12-13,16-17,19,24H,5-6,9-11,14-15H2,1H3. The molecule has 0 radical (unpaired) electrons. The molecule has 0 aromatic heterocycles. The van der Waals surface area contributed by atoms with E-state index in [0.29, 0.717) is 13.0 Å². The van der Waals surface area contributed by atoms with Gasteiger partial charge in [0.05, 0.1) is 4.90 Å². The SMILES string of the molecule is CC1Cc2cc(S(=O)(=O)NCCCc3ccccc3)ccc2N1C(=O)C1CCC1. The van der Waals surface area contributed by atoms with Crippen LogP contribution < -0.4 is 9.62 Å². The van der Waals surface area contributed by atoms with Crippen molar-refractivity contribution in [3.8, 4) is 0 Å². The van der Waals surface area contributed by atoms with Crippen molar-refractivity contribution in [2.75, 3.05) is 11.4 Å². The molecular formula is C23H28N2O3S. The predicted molar refractivity (Wildman–Crippen MR) is 114 cm³/mol. The highest BCUT2D eigenvalue weighted by Crippen LogP contribution is 2.38. The van der Waals surface area contributed by atoms with Gasteiger partial charge in [0.2, 0.25) is 15.9 Å². The van der Waals surface area contributed by atoms with Crippen molar-refractivity contribution in [2.24, 2.45) is 5.92 Å². The van der Waals surface area contributed by atoms with Crippen LogP contribution in [0.25, 0.3) is 0 Å². The number of rotatable bonds is 7. The molecule has 1 aliphatic heterocycles. The molecule has 1 atom stereocenters. The van der Waals surface area contributed by atoms with E-state index >= 15 is 0 Å². The monoisotopic (exact) mass is 412 g/mol. The number of amides is 1. The second-order valence-electron chi connectivity index (χ2n) is 8.17. The number of nitrogens with one attached hydrogen (secondary N) is 1. The molecule has 1 saturated carbocycles. The fourth-order valence-electron chi connectivity index (χ4n) is 4.19. The molecule has 4 rings (SSSR count). The van der Waals surface area contributed by atoms with Crippen LogP contribution in [0.5, 0.6) is 0 Å². The molecule has 1 unspecified atom stereocenters. The number of nitrogens with zero attached hydrogens (tertiary/aromatic N) is 1. The Labute approximate surface area is 173 Å². The maximum Gasteiger partial charge on any atom is 0.240 e. The van der Waals surface area contributed by atoms with Crippen molar-refractivity contribution in [2.45, 2.75) is 56.4 Å². The molecule has 1 fully saturated rings. The summed E-state index contributed by atoms with van der Waals surface area (Å²) in [5.74, 6) is 0.329. The highest BCUT2D eigenvalue weighted by molar-refractivity contribution is 7.89. The van der Waals surface area contributed by atoms with Gasteiger partial charge in [-0.1, -0.05) is 36.8 Å². The zero-order valence-corrected chi connectivity index (χ0v) is 17.6. The fraction of sp³-hybridized carbons (Fsp3) is 0.435. The van der Waals surface area contributed by atoms with Gasteiger partial charge in [-0.25, -0.2) is 13.1 Å². The number of anilines is 1. The Hall–Kier alpha value is -2.18. The minimum atomic E-state index is -3.55. The molecule has 1 amide bonds. The maximum atomic E-state index is 12.8. The third-order valence-corrected chi connectivity index (χ3v) is 7.50. The van der Waals surface area contributed by atoms with Crippen molar-refractivity contribution in [1.29, 1.82) is 0 Å². The normalized spacial score (nSPS) is 19.1. The van der Waals surface area contributed by atoms with E-state index in [1.54, 1.807) is 18.2 Å². The molecule has 1 heterocycles. The Morgan fingerprint density at radius 2 is 1.90 bits per heavy atom. The Bertz CT molecular complexity index is 984. The van der Waals surface area contributed by atoms with E-state index in [1.165, 1.54) is 5.56 Å². The predicted octanol–water partition coefficient (Wildman–Crippen LogP) is 3.68. The molecule has 2 aromatic rings. The molecule has 2 aromatic carbocycles. The van der Waals surface area contributed by atoms with Crippen LogP contribution in [0, 0.1) is 5.92 Å². The minimum absolute atomic E-state index is 0.0786. The number of aryl methyl sites for hydroxylation is 1. The van der Waals surface area contributed by atoms with Gasteiger partial charge in [-0.15, -0.1) is 0 Å². The topological polar surface area (TPSA) is 66.5 Å². The van der Waals surface area contributed by atoms with Crippen molar-refractivity contribution < 1.29 is 13.2 Å². The molecule has 2 aliphatic rings. The molecule has 6 heteroatoms. The fourth-order valence-corrected chi connectivity index (χ4v) is 5.31. The average molecular weight is 413 g/mol. The third-order valence-electron chi connectivity index (χ3n) is 6.05. The molecule has 5 nitrogen and oxygen atoms in total. The molecule has 154 valence electrons. The van der Waals surface area contributed by atoms with Crippen LogP contribution in [-0.2, 0) is 27.7 Å². The van der Waals surface area contributed by atoms with Gasteiger partial charge in [-0.3, -0.25) is 4.79 Å². The summed E-state index contributed by atoms with van der Waals surface area (Å²) in [6.45, 7) is 2.43. The lowest BCUT2D eigenvalue weighted by Crippen LogP contribution is -2.42. The summed E-state index contributed by atoms with van der Waals surface area (Å²) in [4.78, 5) is 14.9. The maximum absolute atomic E-state index is 12.8. The zero-order chi connectivity index (χ0) is 20.4. The number of benzene rings is 2. The van der Waals surface area contributed by atoms with Gasteiger partial charge < -0.3 is 4.90 Å². The summed E-state index contributed by atoms with van der Waals surface area (Å²) >= 11 is 0. The van der Waals surface area contributed by atoms with E-state index in [4.69, 9.17) is 0 Å². The Kier molecular flexibility index (Phi) is 5.74. The van der Waals surface area contributed by atoms with Crippen LogP contribution in [0.4, 0.5) is 5.69 Å². The van der Waals surface area contributed by atoms with Gasteiger partial charge in [0, 0.05) is 24.2 Å². The van der Waals surface area contributed by atoms with E-state index in [1.807, 2.05) is 42.2 Å². The lowest BCUT2D eigenvalue weighted by molar-refractivity contribution is -0.125. The van der Waals surface area contributed by atoms with Crippen LogP contribution >= 0.6 is 0 Å². The number of carbonyl (C=O) groups is 1. The average Bonchev–Trinajstić information content (AvgIpc) is 2.99. The Morgan fingerprint density at radius 3 is 2.59 bits per heavy atom. The molecule has 1 N–H and O–H groups in total. The summed E-state index contributed by atoms with van der Waals surface area (Å²) in [6.07, 6.45) is 5.34. The largest absolute Gasteiger partial charge is 0.309 e. The van der Waals surface area contributed by atoms with Crippen molar-refractivity contribution >= 4 is 21.6 Å². The number of hydrogen-bond acceptors (Lipinski definition) is 3. The number of hydrogen-bond donors (Lipinski definition) is 1. The van der Waals surface area contributed by atoms with Gasteiger partial charge >= 0.3 is 0 Å². The van der Waals surface area contributed by atoms with Gasteiger partial charge in [-0.2, -0.15) is 0 Å². The second kappa shape index (κ2) is 8.28. The quantitative estimate of drug-likeness (QED) is 0.706. The molecule has 0 bridgehead atoms. The number of fused-ring (bicyclic) bond motifs is 1. The minimum Gasteiger partial charge on any atom is -0.309 e. The van der Waals surface area contributed by atoms with Gasteiger partial charge in [0.15, 0.2) is 0 Å². The van der Waals surface area contributed by atoms with Crippen molar-refractivity contribution in [3.05, 3.63) is 59.7 Å². The summed E-state index contributed by atoms with van der Waals surface area (Å²) in [6, 6.07) is 15.3. The van der Waals surface area contributed by atoms with E-state index < -0.39 is 10.0 Å². The first kappa shape index (κ1) is 20.1. The second-order valence-corrected chi connectivity index (χ2v) is 9.93. The van der Waals surface area contributed by atoms with Gasteiger partial charge in [0.1, 0.15) is 0 Å². The third kappa shape index (κ3) is 4.23. The van der Waals surface area contributed by atoms with E-state index in [-0.39, 0.29) is 22.8 Å². The van der Waals surface area contributed by atoms with E-state index in [2.05, 4.69) is 4.72 Å². The van der Waals surface area contributed by atoms with Crippen LogP contribution in [0.2, 0.25) is 0 Å². The Balaban J connectivity index is 1.41. The molecule has 0 spiro atoms. The first-order valence-corrected chi connectivity index (χ1v) is 11.9. The summed E-state index contributed by atoms with van der Waals surface area (Å²) in [7, 11) is -3.55. The van der Waals surface area contributed by atoms with E-state index in [0.717, 1.165) is 43.4 Å². The molecular weight excluding hydrogens is 384 g/mol. The number of carbonyl (C=O) groups excluding carboxylic acids is 1. The first-order valence-electron chi connectivity index (χ1n) is 10.5. The van der Waals surface area contributed by atoms with Crippen LogP contribution in [-0.4, -0.2) is 26.9 Å². The number of sulfonamides is 1. The smallest absolute Gasteiger partial charge is 0.240 e. The highest BCUT2D eigenvalue weighted by Gasteiger charge is 2.37. The molecule has 0 saturated heterocycles. The van der Waals surface area contributed by atoms with Crippen molar-refractivity contribution in [1.82, 2.24) is 4.72 Å². The lowest BCUT2D eigenvalue weighted by Gasteiger charge is -2.32. The summed E-state index contributed by atoms with van der Waals surface area (Å²) < 4.78 is 28.1.